The van der Waals surface area contributed by atoms with E-state index in [1.54, 1.807) is 40.9 Å². The number of nitriles is 1. The van der Waals surface area contributed by atoms with Crippen LogP contribution in [0.2, 0.25) is 0 Å². The van der Waals surface area contributed by atoms with Crippen molar-refractivity contribution in [2.45, 2.75) is 52.7 Å². The normalized spacial score (nSPS) is 15.3. The van der Waals surface area contributed by atoms with E-state index in [-0.39, 0.29) is 23.7 Å². The molecule has 3 aromatic heterocycles. The molecule has 4 heterocycles. The third-order valence-corrected chi connectivity index (χ3v) is 7.00. The second kappa shape index (κ2) is 10.4. The number of ether oxygens (including phenoxy) is 2. The van der Waals surface area contributed by atoms with Crippen LogP contribution in [0.4, 0.5) is 4.79 Å². The summed E-state index contributed by atoms with van der Waals surface area (Å²) in [6.45, 7) is 9.76. The van der Waals surface area contributed by atoms with Gasteiger partial charge in [-0.15, -0.1) is 0 Å². The standard InChI is InChI=1S/C28H28BrN7O4/c1-16-10-18(13-30)33-36(16)26-20(17(2)37)6-7-25(32-26)35-15-31-22-11-21(29)24(12-23(22)35)39-19-8-9-34(14-19)27(38)40-28(3,4)5/h6-7,10-12,15,19H,8-9,14H2,1-5H3. The fourth-order valence-corrected chi connectivity index (χ4v) is 4.96. The average Bonchev–Trinajstić information content (AvgIpc) is 3.61. The maximum atomic E-state index is 12.5. The van der Waals surface area contributed by atoms with E-state index in [9.17, 15) is 14.9 Å². The third-order valence-electron chi connectivity index (χ3n) is 6.38. The van der Waals surface area contributed by atoms with Gasteiger partial charge in [-0.05, 0) is 74.8 Å². The van der Waals surface area contributed by atoms with Gasteiger partial charge in [0.15, 0.2) is 17.3 Å². The Morgan fingerprint density at radius 1 is 1.20 bits per heavy atom. The van der Waals surface area contributed by atoms with Gasteiger partial charge in [-0.25, -0.2) is 19.4 Å². The highest BCUT2D eigenvalue weighted by Gasteiger charge is 2.31. The summed E-state index contributed by atoms with van der Waals surface area (Å²) >= 11 is 3.59. The fraction of sp³-hybridized carbons (Fsp3) is 0.357. The zero-order valence-electron chi connectivity index (χ0n) is 22.8. The molecular formula is C28H28BrN7O4. The summed E-state index contributed by atoms with van der Waals surface area (Å²) < 4.78 is 15.8. The van der Waals surface area contributed by atoms with Gasteiger partial charge in [0, 0.05) is 24.7 Å². The first-order chi connectivity index (χ1) is 18.9. The van der Waals surface area contributed by atoms with Crippen molar-refractivity contribution in [1.29, 1.82) is 5.26 Å². The Hall–Kier alpha value is -4.24. The van der Waals surface area contributed by atoms with Gasteiger partial charge in [0.25, 0.3) is 0 Å². The highest BCUT2D eigenvalue weighted by atomic mass is 79.9. The number of carbonyl (C=O) groups is 2. The number of hydrogen-bond donors (Lipinski definition) is 0. The molecule has 0 N–H and O–H groups in total. The molecule has 1 aliphatic heterocycles. The molecular weight excluding hydrogens is 578 g/mol. The van der Waals surface area contributed by atoms with E-state index in [4.69, 9.17) is 14.5 Å². The third kappa shape index (κ3) is 5.42. The van der Waals surface area contributed by atoms with Gasteiger partial charge < -0.3 is 14.4 Å². The number of hydrogen-bond acceptors (Lipinski definition) is 8. The second-order valence-electron chi connectivity index (χ2n) is 10.6. The van der Waals surface area contributed by atoms with Crippen LogP contribution in [0.15, 0.2) is 41.1 Å². The highest BCUT2D eigenvalue weighted by molar-refractivity contribution is 9.10. The number of halogens is 1. The summed E-state index contributed by atoms with van der Waals surface area (Å²) in [6.07, 6.45) is 1.77. The van der Waals surface area contributed by atoms with Crippen molar-refractivity contribution >= 4 is 38.8 Å². The van der Waals surface area contributed by atoms with Crippen LogP contribution in [0.3, 0.4) is 0 Å². The molecule has 1 amide bonds. The lowest BCUT2D eigenvalue weighted by atomic mass is 10.2. The topological polar surface area (TPSA) is 128 Å². The van der Waals surface area contributed by atoms with E-state index in [1.165, 1.54) is 11.6 Å². The minimum absolute atomic E-state index is 0.172. The summed E-state index contributed by atoms with van der Waals surface area (Å²) in [5, 5.41) is 13.6. The zero-order valence-corrected chi connectivity index (χ0v) is 24.4. The maximum absolute atomic E-state index is 12.5. The van der Waals surface area contributed by atoms with Crippen LogP contribution in [-0.4, -0.2) is 65.9 Å². The Morgan fingerprint density at radius 3 is 2.65 bits per heavy atom. The number of likely N-dealkylation sites (tertiary alicyclic amines) is 1. The predicted octanol–water partition coefficient (Wildman–Crippen LogP) is 5.14. The van der Waals surface area contributed by atoms with Crippen LogP contribution in [0, 0.1) is 18.3 Å². The first-order valence-electron chi connectivity index (χ1n) is 12.7. The predicted molar refractivity (Wildman–Crippen MR) is 150 cm³/mol. The second-order valence-corrected chi connectivity index (χ2v) is 11.5. The first kappa shape index (κ1) is 27.3. The van der Waals surface area contributed by atoms with Crippen molar-refractivity contribution in [2.24, 2.45) is 0 Å². The van der Waals surface area contributed by atoms with E-state index in [1.807, 2.05) is 39.0 Å². The molecule has 1 unspecified atom stereocenters. The number of fused-ring (bicyclic) bond motifs is 1. The molecule has 1 aromatic carbocycles. The first-order valence-corrected chi connectivity index (χ1v) is 13.5. The Balaban J connectivity index is 1.47. The molecule has 1 saturated heterocycles. The number of Topliss-reactive ketones (excluding diaryl/α,β-unsaturated/α-hetero) is 1. The Bertz CT molecular complexity index is 1680. The molecule has 1 aliphatic rings. The number of aromatic nitrogens is 5. The maximum Gasteiger partial charge on any atom is 0.410 e. The molecule has 0 aliphatic carbocycles. The molecule has 5 rings (SSSR count). The van der Waals surface area contributed by atoms with E-state index >= 15 is 0 Å². The lowest BCUT2D eigenvalue weighted by Crippen LogP contribution is -2.36. The number of benzene rings is 1. The van der Waals surface area contributed by atoms with Crippen molar-refractivity contribution in [3.8, 4) is 23.5 Å². The van der Waals surface area contributed by atoms with Crippen LogP contribution in [-0.2, 0) is 4.74 Å². The van der Waals surface area contributed by atoms with Gasteiger partial charge in [-0.1, -0.05) is 0 Å². The summed E-state index contributed by atoms with van der Waals surface area (Å²) in [6, 6.07) is 10.8. The van der Waals surface area contributed by atoms with Crippen LogP contribution in [0.1, 0.15) is 55.9 Å². The van der Waals surface area contributed by atoms with E-state index in [0.29, 0.717) is 53.7 Å². The lowest BCUT2D eigenvalue weighted by Gasteiger charge is -2.24. The van der Waals surface area contributed by atoms with Gasteiger partial charge in [-0.3, -0.25) is 9.36 Å². The number of pyridine rings is 1. The molecule has 4 aromatic rings. The number of amides is 1. The minimum Gasteiger partial charge on any atom is -0.487 e. The van der Waals surface area contributed by atoms with Crippen molar-refractivity contribution in [1.82, 2.24) is 29.2 Å². The Labute approximate surface area is 239 Å². The molecule has 0 saturated carbocycles. The number of aryl methyl sites for hydroxylation is 1. The molecule has 12 heteroatoms. The molecule has 206 valence electrons. The quantitative estimate of drug-likeness (QED) is 0.286. The van der Waals surface area contributed by atoms with Crippen LogP contribution < -0.4 is 4.74 Å². The number of carbonyl (C=O) groups excluding carboxylic acids is 2. The van der Waals surface area contributed by atoms with Crippen LogP contribution in [0.25, 0.3) is 22.7 Å². The van der Waals surface area contributed by atoms with E-state index in [2.05, 4.69) is 26.0 Å². The smallest absolute Gasteiger partial charge is 0.410 e. The summed E-state index contributed by atoms with van der Waals surface area (Å²) in [5.74, 6) is 1.27. The number of ketones is 1. The lowest BCUT2D eigenvalue weighted by molar-refractivity contribution is 0.0275. The monoisotopic (exact) mass is 605 g/mol. The summed E-state index contributed by atoms with van der Waals surface area (Å²) in [7, 11) is 0. The summed E-state index contributed by atoms with van der Waals surface area (Å²) in [4.78, 5) is 35.8. The molecule has 1 atom stereocenters. The zero-order chi connectivity index (χ0) is 28.8. The van der Waals surface area contributed by atoms with Crippen molar-refractivity contribution in [2.75, 3.05) is 13.1 Å². The molecule has 11 nitrogen and oxygen atoms in total. The molecule has 0 spiro atoms. The van der Waals surface area contributed by atoms with Gasteiger partial charge >= 0.3 is 6.09 Å². The fourth-order valence-electron chi connectivity index (χ4n) is 4.53. The number of imidazole rings is 1. The van der Waals surface area contributed by atoms with Crippen LogP contribution >= 0.6 is 15.9 Å². The highest BCUT2D eigenvalue weighted by Crippen LogP contribution is 2.33. The SMILES string of the molecule is CC(=O)c1ccc(-n2cnc3cc(Br)c(OC4CCN(C(=O)OC(C)(C)C)C4)cc32)nc1-n1nc(C#N)cc1C. The number of rotatable bonds is 5. The van der Waals surface area contributed by atoms with Crippen molar-refractivity contribution < 1.29 is 19.1 Å². The van der Waals surface area contributed by atoms with Gasteiger partial charge in [0.2, 0.25) is 0 Å². The van der Waals surface area contributed by atoms with Crippen LogP contribution in [0.5, 0.6) is 5.75 Å². The van der Waals surface area contributed by atoms with Crippen molar-refractivity contribution in [3.63, 3.8) is 0 Å². The minimum atomic E-state index is -0.562. The van der Waals surface area contributed by atoms with Gasteiger partial charge in [0.05, 0.1) is 27.6 Å². The Kier molecular flexibility index (Phi) is 7.10. The largest absolute Gasteiger partial charge is 0.487 e. The number of nitrogens with zero attached hydrogens (tertiary/aromatic N) is 7. The molecule has 1 fully saturated rings. The van der Waals surface area contributed by atoms with E-state index in [0.717, 1.165) is 9.99 Å². The molecule has 40 heavy (non-hydrogen) atoms. The average molecular weight is 606 g/mol. The Morgan fingerprint density at radius 2 is 1.98 bits per heavy atom. The molecule has 0 radical (unpaired) electrons. The van der Waals surface area contributed by atoms with Gasteiger partial charge in [-0.2, -0.15) is 10.4 Å². The molecule has 0 bridgehead atoms. The van der Waals surface area contributed by atoms with Crippen molar-refractivity contribution in [3.05, 3.63) is 58.1 Å². The van der Waals surface area contributed by atoms with Gasteiger partial charge in [0.1, 0.15) is 35.7 Å². The van der Waals surface area contributed by atoms with E-state index < -0.39 is 5.60 Å². The summed E-state index contributed by atoms with van der Waals surface area (Å²) in [5.41, 5.74) is 2.18.